The number of imidazole rings is 1. The molecular weight excluding hydrogens is 408 g/mol. The number of hydrogen-bond acceptors (Lipinski definition) is 5. The van der Waals surface area contributed by atoms with Gasteiger partial charge in [0, 0.05) is 30.8 Å². The van der Waals surface area contributed by atoms with E-state index in [-0.39, 0.29) is 5.91 Å². The summed E-state index contributed by atoms with van der Waals surface area (Å²) in [6.07, 6.45) is 3.68. The fraction of sp³-hybridized carbons (Fsp3) is 0.130. The number of fused-ring (bicyclic) bond motifs is 1. The zero-order valence-electron chi connectivity index (χ0n) is 17.3. The molecule has 0 saturated heterocycles. The van der Waals surface area contributed by atoms with Gasteiger partial charge in [-0.3, -0.25) is 9.48 Å². The van der Waals surface area contributed by atoms with Crippen molar-refractivity contribution in [3.8, 4) is 16.3 Å². The molecule has 0 radical (unpaired) electrons. The number of hydrogen-bond donors (Lipinski definition) is 1. The molecule has 0 bridgehead atoms. The van der Waals surface area contributed by atoms with E-state index in [1.807, 2.05) is 79.5 Å². The first kappa shape index (κ1) is 19.2. The van der Waals surface area contributed by atoms with Gasteiger partial charge in [-0.2, -0.15) is 5.10 Å². The SMILES string of the molecule is Cc1nn(C)c2nc(-c3cccs3)cc(C(=O)Nc3ccc(-n4ccnc4C)cc3)c12. The van der Waals surface area contributed by atoms with Crippen molar-refractivity contribution in [2.45, 2.75) is 13.8 Å². The van der Waals surface area contributed by atoms with Gasteiger partial charge in [0.05, 0.1) is 27.2 Å². The predicted molar refractivity (Wildman–Crippen MR) is 123 cm³/mol. The number of thiophene rings is 1. The van der Waals surface area contributed by atoms with Crippen molar-refractivity contribution in [3.05, 3.63) is 77.3 Å². The highest BCUT2D eigenvalue weighted by Gasteiger charge is 2.19. The van der Waals surface area contributed by atoms with Gasteiger partial charge in [-0.1, -0.05) is 6.07 Å². The van der Waals surface area contributed by atoms with Crippen LogP contribution < -0.4 is 5.32 Å². The third-order valence-electron chi connectivity index (χ3n) is 5.22. The van der Waals surface area contributed by atoms with E-state index in [4.69, 9.17) is 4.98 Å². The number of benzene rings is 1. The van der Waals surface area contributed by atoms with Crippen LogP contribution in [0, 0.1) is 13.8 Å². The van der Waals surface area contributed by atoms with Crippen molar-refractivity contribution in [1.29, 1.82) is 0 Å². The fourth-order valence-electron chi connectivity index (χ4n) is 3.73. The summed E-state index contributed by atoms with van der Waals surface area (Å²) in [5, 5.41) is 10.3. The van der Waals surface area contributed by atoms with E-state index >= 15 is 0 Å². The number of pyridine rings is 1. The maximum absolute atomic E-state index is 13.3. The zero-order chi connectivity index (χ0) is 21.5. The van der Waals surface area contributed by atoms with E-state index in [0.29, 0.717) is 11.2 Å². The number of nitrogens with zero attached hydrogens (tertiary/aromatic N) is 5. The van der Waals surface area contributed by atoms with Crippen molar-refractivity contribution < 1.29 is 4.79 Å². The maximum Gasteiger partial charge on any atom is 0.256 e. The van der Waals surface area contributed by atoms with Crippen molar-refractivity contribution in [1.82, 2.24) is 24.3 Å². The molecule has 31 heavy (non-hydrogen) atoms. The molecule has 7 nitrogen and oxygen atoms in total. The Hall–Kier alpha value is -3.78. The van der Waals surface area contributed by atoms with Gasteiger partial charge in [0.2, 0.25) is 0 Å². The third kappa shape index (κ3) is 3.40. The van der Waals surface area contributed by atoms with Crippen LogP contribution in [0.25, 0.3) is 27.3 Å². The van der Waals surface area contributed by atoms with Gasteiger partial charge in [-0.05, 0) is 55.6 Å². The van der Waals surface area contributed by atoms with Gasteiger partial charge in [0.15, 0.2) is 5.65 Å². The summed E-state index contributed by atoms with van der Waals surface area (Å²) in [5.41, 5.74) is 4.51. The number of aromatic nitrogens is 5. The first-order chi connectivity index (χ1) is 15.0. The van der Waals surface area contributed by atoms with Crippen LogP contribution in [-0.4, -0.2) is 30.2 Å². The van der Waals surface area contributed by atoms with E-state index in [2.05, 4.69) is 15.4 Å². The smallest absolute Gasteiger partial charge is 0.256 e. The van der Waals surface area contributed by atoms with E-state index in [1.54, 1.807) is 22.2 Å². The van der Waals surface area contributed by atoms with Gasteiger partial charge in [-0.25, -0.2) is 9.97 Å². The summed E-state index contributed by atoms with van der Waals surface area (Å²) in [4.78, 5) is 23.3. The average Bonchev–Trinajstić information content (AvgIpc) is 3.50. The second kappa shape index (κ2) is 7.48. The number of nitrogens with one attached hydrogen (secondary N) is 1. The Balaban J connectivity index is 1.51. The summed E-state index contributed by atoms with van der Waals surface area (Å²) in [5.74, 6) is 0.719. The summed E-state index contributed by atoms with van der Waals surface area (Å²) in [6.45, 7) is 3.85. The number of carbonyl (C=O) groups is 1. The third-order valence-corrected chi connectivity index (χ3v) is 6.11. The van der Waals surface area contributed by atoms with E-state index < -0.39 is 0 Å². The van der Waals surface area contributed by atoms with Gasteiger partial charge in [0.1, 0.15) is 5.82 Å². The lowest BCUT2D eigenvalue weighted by atomic mass is 10.1. The molecule has 154 valence electrons. The van der Waals surface area contributed by atoms with Crippen LogP contribution in [0.1, 0.15) is 21.9 Å². The molecule has 5 rings (SSSR count). The van der Waals surface area contributed by atoms with Crippen LogP contribution >= 0.6 is 11.3 Å². The lowest BCUT2D eigenvalue weighted by Gasteiger charge is -2.10. The first-order valence-corrected chi connectivity index (χ1v) is 10.7. The minimum absolute atomic E-state index is 0.187. The molecule has 4 aromatic heterocycles. The highest BCUT2D eigenvalue weighted by molar-refractivity contribution is 7.13. The molecule has 4 heterocycles. The van der Waals surface area contributed by atoms with Crippen LogP contribution in [0.5, 0.6) is 0 Å². The molecule has 0 atom stereocenters. The molecule has 1 aromatic carbocycles. The number of aryl methyl sites for hydroxylation is 3. The largest absolute Gasteiger partial charge is 0.322 e. The van der Waals surface area contributed by atoms with E-state index in [9.17, 15) is 4.79 Å². The normalized spacial score (nSPS) is 11.2. The van der Waals surface area contributed by atoms with Crippen LogP contribution in [0.15, 0.2) is 60.2 Å². The summed E-state index contributed by atoms with van der Waals surface area (Å²) in [7, 11) is 1.85. The van der Waals surface area contributed by atoms with Gasteiger partial charge in [-0.15, -0.1) is 11.3 Å². The molecule has 0 fully saturated rings. The molecule has 8 heteroatoms. The molecular formula is C23H20N6OS. The molecule has 0 unspecified atom stereocenters. The molecule has 0 aliphatic rings. The van der Waals surface area contributed by atoms with Crippen molar-refractivity contribution >= 4 is 34.0 Å². The lowest BCUT2D eigenvalue weighted by molar-refractivity contribution is 0.102. The Kier molecular flexibility index (Phi) is 4.63. The highest BCUT2D eigenvalue weighted by atomic mass is 32.1. The van der Waals surface area contributed by atoms with E-state index in [1.165, 1.54) is 0 Å². The predicted octanol–water partition coefficient (Wildman–Crippen LogP) is 4.75. The molecule has 0 saturated carbocycles. The van der Waals surface area contributed by atoms with Crippen LogP contribution in [0.3, 0.4) is 0 Å². The Morgan fingerprint density at radius 2 is 1.94 bits per heavy atom. The van der Waals surface area contributed by atoms with Crippen molar-refractivity contribution in [2.24, 2.45) is 7.05 Å². The standard InChI is InChI=1S/C23H20N6OS/c1-14-21-18(13-19(20-5-4-12-31-20)26-22(21)28(3)27-14)23(30)25-16-6-8-17(9-7-16)29-11-10-24-15(29)2/h4-13H,1-3H3,(H,25,30). The topological polar surface area (TPSA) is 77.6 Å². The quantitative estimate of drug-likeness (QED) is 0.448. The fourth-order valence-corrected chi connectivity index (χ4v) is 4.42. The maximum atomic E-state index is 13.3. The Bertz CT molecular complexity index is 1400. The Morgan fingerprint density at radius 3 is 2.61 bits per heavy atom. The number of rotatable bonds is 4. The molecule has 0 spiro atoms. The van der Waals surface area contributed by atoms with Crippen molar-refractivity contribution in [3.63, 3.8) is 0 Å². The number of anilines is 1. The summed E-state index contributed by atoms with van der Waals surface area (Å²) in [6, 6.07) is 13.5. The van der Waals surface area contributed by atoms with E-state index in [0.717, 1.165) is 38.9 Å². The second-order valence-electron chi connectivity index (χ2n) is 7.29. The summed E-state index contributed by atoms with van der Waals surface area (Å²) >= 11 is 1.59. The Morgan fingerprint density at radius 1 is 1.13 bits per heavy atom. The zero-order valence-corrected chi connectivity index (χ0v) is 18.1. The van der Waals surface area contributed by atoms with Gasteiger partial charge >= 0.3 is 0 Å². The number of carbonyl (C=O) groups excluding carboxylic acids is 1. The molecule has 0 aliphatic heterocycles. The second-order valence-corrected chi connectivity index (χ2v) is 8.23. The minimum atomic E-state index is -0.187. The highest BCUT2D eigenvalue weighted by Crippen LogP contribution is 2.29. The van der Waals surface area contributed by atoms with Crippen LogP contribution in [-0.2, 0) is 7.05 Å². The van der Waals surface area contributed by atoms with Gasteiger partial charge < -0.3 is 9.88 Å². The lowest BCUT2D eigenvalue weighted by Crippen LogP contribution is -2.13. The van der Waals surface area contributed by atoms with Crippen LogP contribution in [0.2, 0.25) is 0 Å². The Labute approximate surface area is 183 Å². The summed E-state index contributed by atoms with van der Waals surface area (Å²) < 4.78 is 3.71. The monoisotopic (exact) mass is 428 g/mol. The van der Waals surface area contributed by atoms with Crippen molar-refractivity contribution in [2.75, 3.05) is 5.32 Å². The molecule has 0 aliphatic carbocycles. The molecule has 1 amide bonds. The number of amides is 1. The first-order valence-electron chi connectivity index (χ1n) is 9.81. The average molecular weight is 429 g/mol. The van der Waals surface area contributed by atoms with Gasteiger partial charge in [0.25, 0.3) is 5.91 Å². The minimum Gasteiger partial charge on any atom is -0.322 e. The molecule has 1 N–H and O–H groups in total. The van der Waals surface area contributed by atoms with Crippen LogP contribution in [0.4, 0.5) is 5.69 Å². The molecule has 5 aromatic rings.